The number of thioether (sulfide) groups is 1. The topological polar surface area (TPSA) is 94.2 Å². The summed E-state index contributed by atoms with van der Waals surface area (Å²) in [5, 5.41) is 2.30. The minimum atomic E-state index is -0.399. The molecule has 2 aromatic rings. The number of methoxy groups -OCH3 is 1. The van der Waals surface area contributed by atoms with Crippen LogP contribution in [0.4, 0.5) is 4.79 Å². The quantitative estimate of drug-likeness (QED) is 0.511. The van der Waals surface area contributed by atoms with Crippen LogP contribution in [-0.2, 0) is 9.59 Å². The molecule has 0 aliphatic carbocycles. The second kappa shape index (κ2) is 11.6. The number of benzene rings is 2. The maximum atomic E-state index is 12.7. The molecule has 1 fully saturated rings. The number of carbonyl (C=O) groups is 3. The van der Waals surface area contributed by atoms with Crippen molar-refractivity contribution in [2.24, 2.45) is 0 Å². The lowest BCUT2D eigenvalue weighted by Gasteiger charge is -2.13. The Morgan fingerprint density at radius 1 is 1.06 bits per heavy atom. The first-order valence-corrected chi connectivity index (χ1v) is 11.7. The maximum absolute atomic E-state index is 12.7. The second-order valence-electron chi connectivity index (χ2n) is 7.64. The predicted molar refractivity (Wildman–Crippen MR) is 131 cm³/mol. The van der Waals surface area contributed by atoms with Crippen LogP contribution in [0.2, 0.25) is 0 Å². The molecule has 0 unspecified atom stereocenters. The number of nitrogens with zero attached hydrogens (tertiary/aromatic N) is 1. The molecule has 1 saturated heterocycles. The van der Waals surface area contributed by atoms with Gasteiger partial charge in [0.2, 0.25) is 0 Å². The van der Waals surface area contributed by atoms with E-state index in [0.29, 0.717) is 34.3 Å². The molecular formula is C25H28N2O6S. The SMILES string of the molecule is CCOc1ccc(/C=C2\SC(=O)N(CCNC(=O)COc3cc(C)cc(C)c3)C2=O)cc1OC. The van der Waals surface area contributed by atoms with Crippen LogP contribution in [0.1, 0.15) is 23.6 Å². The van der Waals surface area contributed by atoms with Crippen LogP contribution < -0.4 is 19.5 Å². The van der Waals surface area contributed by atoms with E-state index in [0.717, 1.165) is 27.8 Å². The Morgan fingerprint density at radius 2 is 1.79 bits per heavy atom. The van der Waals surface area contributed by atoms with Crippen molar-refractivity contribution in [2.75, 3.05) is 33.4 Å². The molecule has 2 aromatic carbocycles. The average molecular weight is 485 g/mol. The van der Waals surface area contributed by atoms with E-state index >= 15 is 0 Å². The highest BCUT2D eigenvalue weighted by Gasteiger charge is 2.34. The lowest BCUT2D eigenvalue weighted by molar-refractivity contribution is -0.125. The Balaban J connectivity index is 1.53. The standard InChI is InChI=1S/C25H28N2O6S/c1-5-32-20-7-6-18(13-21(20)31-4)14-22-24(29)27(25(30)34-22)9-8-26-23(28)15-33-19-11-16(2)10-17(3)12-19/h6-7,10-14H,5,8-9,15H2,1-4H3,(H,26,28)/b22-14-. The van der Waals surface area contributed by atoms with Gasteiger partial charge in [0.05, 0.1) is 18.6 Å². The Morgan fingerprint density at radius 3 is 2.47 bits per heavy atom. The van der Waals surface area contributed by atoms with E-state index in [1.54, 1.807) is 24.3 Å². The van der Waals surface area contributed by atoms with Crippen molar-refractivity contribution in [3.63, 3.8) is 0 Å². The van der Waals surface area contributed by atoms with E-state index in [1.165, 1.54) is 7.11 Å². The molecule has 0 saturated carbocycles. The molecule has 0 spiro atoms. The summed E-state index contributed by atoms with van der Waals surface area (Å²) in [6.45, 7) is 6.35. The number of amides is 3. The number of hydrogen-bond donors (Lipinski definition) is 1. The van der Waals surface area contributed by atoms with Crippen LogP contribution in [0.25, 0.3) is 6.08 Å². The molecule has 34 heavy (non-hydrogen) atoms. The summed E-state index contributed by atoms with van der Waals surface area (Å²) in [5.74, 6) is 1.04. The Kier molecular flexibility index (Phi) is 8.59. The van der Waals surface area contributed by atoms with E-state index in [2.05, 4.69) is 5.32 Å². The van der Waals surface area contributed by atoms with Crippen molar-refractivity contribution in [3.8, 4) is 17.2 Å². The molecular weight excluding hydrogens is 456 g/mol. The molecule has 0 atom stereocenters. The van der Waals surface area contributed by atoms with Gasteiger partial charge < -0.3 is 19.5 Å². The van der Waals surface area contributed by atoms with E-state index in [9.17, 15) is 14.4 Å². The molecule has 9 heteroatoms. The number of imide groups is 1. The third kappa shape index (κ3) is 6.54. The molecule has 1 aliphatic heterocycles. The van der Waals surface area contributed by atoms with Crippen LogP contribution in [-0.4, -0.2) is 55.4 Å². The summed E-state index contributed by atoms with van der Waals surface area (Å²) >= 11 is 0.863. The number of aryl methyl sites for hydroxylation is 2. The van der Waals surface area contributed by atoms with Crippen LogP contribution >= 0.6 is 11.8 Å². The van der Waals surface area contributed by atoms with Gasteiger partial charge in [-0.3, -0.25) is 19.3 Å². The van der Waals surface area contributed by atoms with Gasteiger partial charge in [-0.05, 0) is 79.6 Å². The van der Waals surface area contributed by atoms with Gasteiger partial charge in [0, 0.05) is 13.1 Å². The van der Waals surface area contributed by atoms with Gasteiger partial charge in [-0.1, -0.05) is 12.1 Å². The molecule has 1 aliphatic rings. The van der Waals surface area contributed by atoms with Crippen molar-refractivity contribution in [1.82, 2.24) is 10.2 Å². The molecule has 1 N–H and O–H groups in total. The lowest BCUT2D eigenvalue weighted by Crippen LogP contribution is -2.38. The van der Waals surface area contributed by atoms with E-state index in [-0.39, 0.29) is 30.8 Å². The highest BCUT2D eigenvalue weighted by Crippen LogP contribution is 2.34. The van der Waals surface area contributed by atoms with E-state index in [4.69, 9.17) is 14.2 Å². The zero-order chi connectivity index (χ0) is 24.7. The number of ether oxygens (including phenoxy) is 3. The van der Waals surface area contributed by atoms with Crippen molar-refractivity contribution in [2.45, 2.75) is 20.8 Å². The largest absolute Gasteiger partial charge is 0.493 e. The molecule has 3 rings (SSSR count). The number of hydrogen-bond acceptors (Lipinski definition) is 7. The lowest BCUT2D eigenvalue weighted by atomic mass is 10.1. The third-order valence-corrected chi connectivity index (χ3v) is 5.79. The molecule has 180 valence electrons. The van der Waals surface area contributed by atoms with E-state index in [1.807, 2.05) is 39.0 Å². The minimum Gasteiger partial charge on any atom is -0.493 e. The normalized spacial score (nSPS) is 14.5. The maximum Gasteiger partial charge on any atom is 0.293 e. The monoisotopic (exact) mass is 484 g/mol. The number of carbonyl (C=O) groups excluding carboxylic acids is 3. The number of rotatable bonds is 10. The fourth-order valence-electron chi connectivity index (χ4n) is 3.42. The van der Waals surface area contributed by atoms with Crippen molar-refractivity contribution in [3.05, 3.63) is 58.0 Å². The summed E-state index contributed by atoms with van der Waals surface area (Å²) in [7, 11) is 1.54. The second-order valence-corrected chi connectivity index (χ2v) is 8.63. The smallest absolute Gasteiger partial charge is 0.293 e. The first kappa shape index (κ1) is 25.2. The van der Waals surface area contributed by atoms with Gasteiger partial charge in [-0.15, -0.1) is 0 Å². The zero-order valence-corrected chi connectivity index (χ0v) is 20.5. The van der Waals surface area contributed by atoms with Gasteiger partial charge in [0.1, 0.15) is 5.75 Å². The molecule has 8 nitrogen and oxygen atoms in total. The highest BCUT2D eigenvalue weighted by atomic mass is 32.2. The van der Waals surface area contributed by atoms with Crippen LogP contribution in [0, 0.1) is 13.8 Å². The van der Waals surface area contributed by atoms with Gasteiger partial charge in [-0.2, -0.15) is 0 Å². The Labute approximate surface area is 203 Å². The third-order valence-electron chi connectivity index (χ3n) is 4.88. The average Bonchev–Trinajstić information content (AvgIpc) is 3.05. The Bertz CT molecular complexity index is 1090. The van der Waals surface area contributed by atoms with Crippen LogP contribution in [0.5, 0.6) is 17.2 Å². The molecule has 1 heterocycles. The molecule has 0 aromatic heterocycles. The summed E-state index contributed by atoms with van der Waals surface area (Å²) in [5.41, 5.74) is 2.81. The van der Waals surface area contributed by atoms with Crippen LogP contribution in [0.3, 0.4) is 0 Å². The fourth-order valence-corrected chi connectivity index (χ4v) is 4.28. The molecule has 0 bridgehead atoms. The van der Waals surface area contributed by atoms with E-state index < -0.39 is 5.91 Å². The Hall–Kier alpha value is -3.46. The van der Waals surface area contributed by atoms with Gasteiger partial charge in [0.25, 0.3) is 17.1 Å². The van der Waals surface area contributed by atoms with Gasteiger partial charge >= 0.3 is 0 Å². The van der Waals surface area contributed by atoms with Crippen LogP contribution in [0.15, 0.2) is 41.3 Å². The number of nitrogens with one attached hydrogen (secondary N) is 1. The highest BCUT2D eigenvalue weighted by molar-refractivity contribution is 8.18. The predicted octanol–water partition coefficient (Wildman–Crippen LogP) is 3.94. The summed E-state index contributed by atoms with van der Waals surface area (Å²) in [6, 6.07) is 11.0. The zero-order valence-electron chi connectivity index (χ0n) is 19.7. The molecule has 0 radical (unpaired) electrons. The van der Waals surface area contributed by atoms with Crippen molar-refractivity contribution in [1.29, 1.82) is 0 Å². The first-order valence-electron chi connectivity index (χ1n) is 10.8. The first-order chi connectivity index (χ1) is 16.3. The summed E-state index contributed by atoms with van der Waals surface area (Å²) < 4.78 is 16.4. The minimum absolute atomic E-state index is 0.0733. The van der Waals surface area contributed by atoms with Gasteiger partial charge in [0.15, 0.2) is 18.1 Å². The molecule has 3 amide bonds. The van der Waals surface area contributed by atoms with Gasteiger partial charge in [-0.25, -0.2) is 0 Å². The summed E-state index contributed by atoms with van der Waals surface area (Å²) in [6.07, 6.45) is 1.64. The van der Waals surface area contributed by atoms with Crippen molar-refractivity contribution >= 4 is 34.9 Å². The van der Waals surface area contributed by atoms with Crippen molar-refractivity contribution < 1.29 is 28.6 Å². The fraction of sp³-hybridized carbons (Fsp3) is 0.320. The summed E-state index contributed by atoms with van der Waals surface area (Å²) in [4.78, 5) is 38.6.